The molecule has 2 aromatic carbocycles. The molecule has 3 amide bonds. The van der Waals surface area contributed by atoms with E-state index in [1.165, 1.54) is 13.0 Å². The number of ether oxygens (including phenoxy) is 3. The van der Waals surface area contributed by atoms with Crippen LogP contribution in [0.4, 0.5) is 16.2 Å². The van der Waals surface area contributed by atoms with Crippen molar-refractivity contribution in [1.29, 1.82) is 0 Å². The zero-order chi connectivity index (χ0) is 39.8. The third kappa shape index (κ3) is 12.6. The van der Waals surface area contributed by atoms with E-state index in [2.05, 4.69) is 11.9 Å². The van der Waals surface area contributed by atoms with Crippen LogP contribution in [0.15, 0.2) is 36.9 Å². The van der Waals surface area contributed by atoms with Gasteiger partial charge in [-0.15, -0.1) is 0 Å². The molecule has 0 spiro atoms. The number of hydrogen-bond donors (Lipinski definition) is 4. The number of ketones is 2. The molecule has 0 aliphatic carbocycles. The molecule has 2 saturated heterocycles. The van der Waals surface area contributed by atoms with Crippen LogP contribution in [0.5, 0.6) is 11.5 Å². The standard InChI is InChI=1S/C22H30N2O6.C18H26N2O4/c1-4-10-30-22(28)23-19-13-20(29-11-6-7-16(3)26)15(2)12-18(19)21(27)24-9-5-8-17(24)14-25;1-12-9-15(18(23)20-7-3-6-14(20)11-21)16(19)10-17(12)24-8-4-5-13(2)22/h4,12-13,17,25H,1,5-11,14H2,2-3H3,(H,23,28);9-10,14,21H,3-8,11,19H2,1-2H3/t17-;14-/m00/s1. The topological polar surface area (TPSA) is 198 Å². The van der Waals surface area contributed by atoms with Crippen LogP contribution in [0.1, 0.15) is 97.1 Å². The van der Waals surface area contributed by atoms with Gasteiger partial charge in [-0.05, 0) is 89.5 Å². The second-order valence-electron chi connectivity index (χ2n) is 13.6. The van der Waals surface area contributed by atoms with E-state index in [9.17, 15) is 34.2 Å². The summed E-state index contributed by atoms with van der Waals surface area (Å²) in [7, 11) is 0. The van der Waals surface area contributed by atoms with Crippen molar-refractivity contribution in [1.82, 2.24) is 9.80 Å². The lowest BCUT2D eigenvalue weighted by Gasteiger charge is -2.25. The van der Waals surface area contributed by atoms with Gasteiger partial charge in [-0.25, -0.2) is 4.79 Å². The molecule has 2 aromatic rings. The molecule has 2 heterocycles. The Morgan fingerprint density at radius 3 is 1.78 bits per heavy atom. The zero-order valence-corrected chi connectivity index (χ0v) is 32.0. The molecule has 5 N–H and O–H groups in total. The van der Waals surface area contributed by atoms with Gasteiger partial charge in [0.1, 0.15) is 29.7 Å². The Bertz CT molecular complexity index is 1640. The number of rotatable bonds is 17. The lowest BCUT2D eigenvalue weighted by atomic mass is 10.1. The lowest BCUT2D eigenvalue weighted by Crippen LogP contribution is -2.38. The minimum absolute atomic E-state index is 0.0258. The highest BCUT2D eigenvalue weighted by atomic mass is 16.5. The number of aliphatic hydroxyl groups excluding tert-OH is 2. The number of likely N-dealkylation sites (tertiary alicyclic amines) is 2. The molecule has 0 bridgehead atoms. The maximum Gasteiger partial charge on any atom is 0.411 e. The molecule has 14 nitrogen and oxygen atoms in total. The SMILES string of the molecule is C=CCOC(=O)Nc1cc(OCCCC(C)=O)c(C)cc1C(=O)N1CCC[C@H]1CO.CC(=O)CCCOc1cc(N)c(C(=O)N2CCC[C@H]2CO)cc1C. The number of anilines is 2. The Labute approximate surface area is 317 Å². The maximum atomic E-state index is 13.2. The molecular weight excluding hydrogens is 696 g/mol. The Morgan fingerprint density at radius 1 is 0.815 bits per heavy atom. The van der Waals surface area contributed by atoms with Gasteiger partial charge >= 0.3 is 6.09 Å². The van der Waals surface area contributed by atoms with Gasteiger partial charge in [0.15, 0.2) is 0 Å². The Hall–Kier alpha value is -4.95. The average molecular weight is 753 g/mol. The highest BCUT2D eigenvalue weighted by Gasteiger charge is 2.32. The number of benzene rings is 2. The minimum Gasteiger partial charge on any atom is -0.493 e. The maximum absolute atomic E-state index is 13.2. The number of carbonyl (C=O) groups excluding carboxylic acids is 5. The molecular formula is C40H56N4O10. The van der Waals surface area contributed by atoms with Crippen LogP contribution in [0.25, 0.3) is 0 Å². The van der Waals surface area contributed by atoms with Crippen LogP contribution in [-0.2, 0) is 14.3 Å². The zero-order valence-electron chi connectivity index (χ0n) is 32.0. The summed E-state index contributed by atoms with van der Waals surface area (Å²) >= 11 is 0. The Balaban J connectivity index is 0.000000297. The summed E-state index contributed by atoms with van der Waals surface area (Å²) in [5.41, 5.74) is 9.00. The molecule has 296 valence electrons. The van der Waals surface area contributed by atoms with Gasteiger partial charge in [0.2, 0.25) is 0 Å². The normalized spacial score (nSPS) is 16.3. The van der Waals surface area contributed by atoms with E-state index in [0.717, 1.165) is 36.8 Å². The van der Waals surface area contributed by atoms with E-state index in [-0.39, 0.29) is 61.0 Å². The largest absolute Gasteiger partial charge is 0.493 e. The molecule has 2 aliphatic heterocycles. The number of nitrogens with one attached hydrogen (secondary N) is 1. The van der Waals surface area contributed by atoms with Crippen molar-refractivity contribution in [2.75, 3.05) is 57.2 Å². The predicted octanol–water partition coefficient (Wildman–Crippen LogP) is 5.00. The first-order chi connectivity index (χ1) is 25.8. The van der Waals surface area contributed by atoms with Gasteiger partial charge in [0.05, 0.1) is 55.3 Å². The van der Waals surface area contributed by atoms with E-state index in [1.54, 1.807) is 41.0 Å². The smallest absolute Gasteiger partial charge is 0.411 e. The number of aliphatic hydroxyl groups is 2. The summed E-state index contributed by atoms with van der Waals surface area (Å²) in [5, 5.41) is 21.6. The van der Waals surface area contributed by atoms with Gasteiger partial charge in [-0.2, -0.15) is 0 Å². The molecule has 54 heavy (non-hydrogen) atoms. The molecule has 2 aliphatic rings. The molecule has 2 fully saturated rings. The summed E-state index contributed by atoms with van der Waals surface area (Å²) in [4.78, 5) is 63.3. The van der Waals surface area contributed by atoms with E-state index in [0.29, 0.717) is 80.3 Å². The highest BCUT2D eigenvalue weighted by Crippen LogP contribution is 2.31. The summed E-state index contributed by atoms with van der Waals surface area (Å²) in [6.45, 7) is 12.1. The first-order valence-electron chi connectivity index (χ1n) is 18.5. The number of aryl methyl sites for hydroxylation is 2. The van der Waals surface area contributed by atoms with Crippen LogP contribution >= 0.6 is 0 Å². The van der Waals surface area contributed by atoms with Gasteiger partial charge in [0.25, 0.3) is 11.8 Å². The summed E-state index contributed by atoms with van der Waals surface area (Å²) in [6.07, 6.45) is 6.14. The third-order valence-corrected chi connectivity index (χ3v) is 9.25. The van der Waals surface area contributed by atoms with E-state index < -0.39 is 6.09 Å². The number of nitrogen functional groups attached to an aromatic ring is 1. The van der Waals surface area contributed by atoms with Gasteiger partial charge in [0, 0.05) is 43.8 Å². The predicted molar refractivity (Wildman–Crippen MR) is 205 cm³/mol. The third-order valence-electron chi connectivity index (χ3n) is 9.25. The Kier molecular flexibility index (Phi) is 17.4. The first kappa shape index (κ1) is 43.5. The number of hydrogen-bond acceptors (Lipinski definition) is 11. The number of amides is 3. The van der Waals surface area contributed by atoms with Gasteiger partial charge < -0.3 is 49.5 Å². The van der Waals surface area contributed by atoms with Crippen LogP contribution in [0.3, 0.4) is 0 Å². The van der Waals surface area contributed by atoms with E-state index in [4.69, 9.17) is 19.9 Å². The van der Waals surface area contributed by atoms with Crippen molar-refractivity contribution in [2.45, 2.75) is 91.1 Å². The number of nitrogens with two attached hydrogens (primary N) is 1. The van der Waals surface area contributed by atoms with Crippen molar-refractivity contribution in [2.24, 2.45) is 0 Å². The van der Waals surface area contributed by atoms with Crippen molar-refractivity contribution in [3.8, 4) is 11.5 Å². The summed E-state index contributed by atoms with van der Waals surface area (Å²) in [6, 6.07) is 6.31. The van der Waals surface area contributed by atoms with Crippen molar-refractivity contribution < 1.29 is 48.4 Å². The monoisotopic (exact) mass is 752 g/mol. The lowest BCUT2D eigenvalue weighted by molar-refractivity contribution is -0.118. The highest BCUT2D eigenvalue weighted by molar-refractivity contribution is 6.03. The molecule has 0 unspecified atom stereocenters. The summed E-state index contributed by atoms with van der Waals surface area (Å²) < 4.78 is 16.4. The molecule has 14 heteroatoms. The molecule has 0 saturated carbocycles. The van der Waals surface area contributed by atoms with E-state index >= 15 is 0 Å². The fourth-order valence-electron chi connectivity index (χ4n) is 6.35. The van der Waals surface area contributed by atoms with Crippen LogP contribution in [-0.4, -0.2) is 108 Å². The fraction of sp³-hybridized carbons (Fsp3) is 0.525. The second kappa shape index (κ2) is 21.7. The van der Waals surface area contributed by atoms with Crippen LogP contribution < -0.4 is 20.5 Å². The number of nitrogens with zero attached hydrogens (tertiary/aromatic N) is 2. The molecule has 0 aromatic heterocycles. The molecule has 0 radical (unpaired) electrons. The number of Topliss-reactive ketones (excluding diaryl/α,β-unsaturated/α-hetero) is 2. The van der Waals surface area contributed by atoms with E-state index in [1.807, 2.05) is 13.8 Å². The van der Waals surface area contributed by atoms with Crippen molar-refractivity contribution in [3.05, 3.63) is 59.2 Å². The first-order valence-corrected chi connectivity index (χ1v) is 18.5. The fourth-order valence-corrected chi connectivity index (χ4v) is 6.35. The number of carbonyl (C=O) groups is 5. The summed E-state index contributed by atoms with van der Waals surface area (Å²) in [5.74, 6) is 0.960. The van der Waals surface area contributed by atoms with Crippen LogP contribution in [0, 0.1) is 13.8 Å². The van der Waals surface area contributed by atoms with Crippen molar-refractivity contribution >= 4 is 40.8 Å². The average Bonchev–Trinajstić information content (AvgIpc) is 3.83. The van der Waals surface area contributed by atoms with Gasteiger partial charge in [-0.1, -0.05) is 12.7 Å². The molecule has 4 rings (SSSR count). The molecule has 2 atom stereocenters. The Morgan fingerprint density at radius 2 is 1.30 bits per heavy atom. The van der Waals surface area contributed by atoms with Gasteiger partial charge in [-0.3, -0.25) is 14.9 Å². The second-order valence-corrected chi connectivity index (χ2v) is 13.6. The minimum atomic E-state index is -0.713. The van der Waals surface area contributed by atoms with Crippen LogP contribution in [0.2, 0.25) is 0 Å². The van der Waals surface area contributed by atoms with Crippen molar-refractivity contribution in [3.63, 3.8) is 0 Å². The quantitative estimate of drug-likeness (QED) is 0.0964.